The van der Waals surface area contributed by atoms with Crippen molar-refractivity contribution in [3.8, 4) is 17.2 Å². The summed E-state index contributed by atoms with van der Waals surface area (Å²) in [5.41, 5.74) is 2.24. The Hall–Kier alpha value is -5.35. The Kier molecular flexibility index (Phi) is 22.2. The van der Waals surface area contributed by atoms with Gasteiger partial charge in [0.1, 0.15) is 36.5 Å². The summed E-state index contributed by atoms with van der Waals surface area (Å²) in [6.45, 7) is -2.07. The lowest BCUT2D eigenvalue weighted by Crippen LogP contribution is -2.40. The molecule has 0 aliphatic carbocycles. The molecule has 6 fully saturated rings. The van der Waals surface area contributed by atoms with E-state index in [0.717, 1.165) is 16.7 Å². The van der Waals surface area contributed by atoms with Crippen molar-refractivity contribution in [1.29, 1.82) is 0 Å². The number of carbonyl (C=O) groups is 6. The van der Waals surface area contributed by atoms with Crippen molar-refractivity contribution in [3.63, 3.8) is 0 Å². The van der Waals surface area contributed by atoms with E-state index in [1.54, 1.807) is 55.0 Å². The minimum atomic E-state index is -3.72. The third-order valence-corrected chi connectivity index (χ3v) is 32.4. The standard InChI is InChI=1S/C51H72N18O9P4S4/c1-61(79(83)64-22-16-52-46(70)34-47(71)53-17-23-65(79)29-28-64)58-37-40-4-10-43(11-5-40)76-82(86,77-44-12-6-41(7-13-44)38-59-62(2)80(84)66-24-18-54-48(72)35-49(73)55-19-25-67(80)31-30-66)78-45-14-8-42(9-15-45)39-60-63(3)81(85)68-26-20-56-50(74)36-51(75)57-21-27-69(81)33-32-68/h4-15,37-39H,16-36H2,1-3H3,(H,52,70)(H,53,71)(H,54,72)(H,55,73)(H,56,74)(H,57,75)/b58-37+,59-38+,60-39+. The second-order valence-corrected chi connectivity index (χ2v) is 35.9. The van der Waals surface area contributed by atoms with Crippen molar-refractivity contribution >= 4 is 128 Å². The van der Waals surface area contributed by atoms with Gasteiger partial charge in [-0.05, 0) is 125 Å². The zero-order valence-electron chi connectivity index (χ0n) is 48.0. The van der Waals surface area contributed by atoms with E-state index in [1.165, 1.54) is 0 Å². The number of hydrogen-bond acceptors (Lipinski definition) is 16. The highest BCUT2D eigenvalue weighted by atomic mass is 32.5. The normalized spacial score (nSPS) is 29.6. The van der Waals surface area contributed by atoms with Gasteiger partial charge in [0.15, 0.2) is 19.5 Å². The monoisotopic (exact) mass is 1330 g/mol. The fourth-order valence-electron chi connectivity index (χ4n) is 10.3. The number of rotatable bonds is 15. The molecule has 35 heteroatoms. The molecule has 0 saturated carbocycles. The Morgan fingerprint density at radius 1 is 0.384 bits per heavy atom. The number of amides is 6. The predicted molar refractivity (Wildman–Crippen MR) is 346 cm³/mol. The van der Waals surface area contributed by atoms with E-state index in [2.05, 4.69) is 59.9 Å². The lowest BCUT2D eigenvalue weighted by atomic mass is 10.2. The van der Waals surface area contributed by atoms with Crippen molar-refractivity contribution in [2.75, 3.05) is 139 Å². The minimum Gasteiger partial charge on any atom is -0.407 e. The lowest BCUT2D eigenvalue weighted by Gasteiger charge is -2.39. The molecule has 27 nitrogen and oxygen atoms in total. The van der Waals surface area contributed by atoms with Gasteiger partial charge in [0.2, 0.25) is 35.4 Å². The maximum atomic E-state index is 12.3. The first kappa shape index (κ1) is 65.1. The molecule has 0 radical (unpaired) electrons. The molecule has 86 heavy (non-hydrogen) atoms. The average molecular weight is 1330 g/mol. The van der Waals surface area contributed by atoms with Crippen LogP contribution in [-0.2, 0) is 76.0 Å². The number of carbonyl (C=O) groups excluding carboxylic acids is 6. The largest absolute Gasteiger partial charge is 0.490 e. The van der Waals surface area contributed by atoms with Gasteiger partial charge in [0.05, 0.1) is 18.6 Å². The molecule has 0 spiro atoms. The van der Waals surface area contributed by atoms with Gasteiger partial charge in [-0.3, -0.25) is 28.8 Å². The van der Waals surface area contributed by atoms with Crippen LogP contribution in [0, 0.1) is 0 Å². The van der Waals surface area contributed by atoms with Crippen LogP contribution >= 0.6 is 26.2 Å². The van der Waals surface area contributed by atoms with Gasteiger partial charge in [-0.1, -0.05) is 0 Å². The Labute approximate surface area is 521 Å². The molecular weight excluding hydrogens is 1260 g/mol. The Bertz CT molecular complexity index is 2850. The van der Waals surface area contributed by atoms with Crippen molar-refractivity contribution in [1.82, 2.24) is 74.3 Å². The second kappa shape index (κ2) is 29.3. The van der Waals surface area contributed by atoms with Crippen LogP contribution in [0.4, 0.5) is 0 Å². The molecule has 6 atom stereocenters. The molecular formula is C51H72N18O9P4S4. The molecule has 6 heterocycles. The highest BCUT2D eigenvalue weighted by Crippen LogP contribution is 2.61. The average Bonchev–Trinajstić information content (AvgIpc) is 1.92. The Morgan fingerprint density at radius 2 is 0.581 bits per heavy atom. The molecule has 0 aromatic heterocycles. The molecule has 6 amide bonds. The van der Waals surface area contributed by atoms with Crippen LogP contribution in [-0.4, -0.2) is 235 Å². The van der Waals surface area contributed by atoms with Crippen LogP contribution in [0.15, 0.2) is 88.1 Å². The third kappa shape index (κ3) is 16.1. The van der Waals surface area contributed by atoms with E-state index in [0.29, 0.717) is 135 Å². The molecule has 6 aliphatic heterocycles. The SMILES string of the molecule is CN(/N=C/c1ccc(OP(=S)(Oc2ccc(/C=N/N(C)P3(=S)N4CCNC(=O)CC(=O)NCCN3CC4)cc2)Oc2ccc(/C=N/N(C)P3(=S)N4CCNC(=O)CC(=O)NCCN3CC4)cc2)cc1)P1(=S)N2CCNC(=O)CC(=O)NCCN1CC2. The second-order valence-electron chi connectivity index (χ2n) is 20.5. The first-order valence-electron chi connectivity index (χ1n) is 28.0. The minimum absolute atomic E-state index is 0.214. The summed E-state index contributed by atoms with van der Waals surface area (Å²) in [7, 11) is 5.55. The zero-order valence-corrected chi connectivity index (χ0v) is 54.8. The highest BCUT2D eigenvalue weighted by molar-refractivity contribution is 8.12. The van der Waals surface area contributed by atoms with Gasteiger partial charge >= 0.3 is 6.72 Å². The molecule has 6 N–H and O–H groups in total. The van der Waals surface area contributed by atoms with Crippen molar-refractivity contribution in [2.45, 2.75) is 19.3 Å². The van der Waals surface area contributed by atoms with Crippen LogP contribution in [0.3, 0.4) is 0 Å². The summed E-state index contributed by atoms with van der Waals surface area (Å²) in [5.74, 6) is -0.855. The van der Waals surface area contributed by atoms with Crippen LogP contribution in [0.1, 0.15) is 36.0 Å². The van der Waals surface area contributed by atoms with Crippen LogP contribution < -0.4 is 45.5 Å². The van der Waals surface area contributed by atoms with Gasteiger partial charge in [-0.2, -0.15) is 15.3 Å². The Morgan fingerprint density at radius 3 is 0.779 bits per heavy atom. The summed E-state index contributed by atoms with van der Waals surface area (Å²) >= 11 is 25.4. The van der Waals surface area contributed by atoms with Gasteiger partial charge in [0.25, 0.3) is 0 Å². The van der Waals surface area contributed by atoms with Gasteiger partial charge in [-0.15, -0.1) is 0 Å². The first-order valence-corrected chi connectivity index (χ1v) is 38.5. The molecule has 6 bridgehead atoms. The number of nitrogens with one attached hydrogen (secondary N) is 6. The summed E-state index contributed by atoms with van der Waals surface area (Å²) in [6.07, 6.45) is 4.50. The number of benzene rings is 3. The topological polar surface area (TPSA) is 269 Å². The van der Waals surface area contributed by atoms with Gasteiger partial charge in [-0.25, -0.2) is 42.4 Å². The molecule has 3 aromatic carbocycles. The van der Waals surface area contributed by atoms with E-state index in [4.69, 9.17) is 76.1 Å². The fourth-order valence-corrected chi connectivity index (χ4v) is 23.7. The molecule has 6 aliphatic rings. The van der Waals surface area contributed by atoms with E-state index in [9.17, 15) is 28.8 Å². The quantitative estimate of drug-likeness (QED) is 0.0547. The number of hydrogen-bond donors (Lipinski definition) is 6. The summed E-state index contributed by atoms with van der Waals surface area (Å²) in [6, 6.07) is 21.5. The van der Waals surface area contributed by atoms with Crippen LogP contribution in [0.2, 0.25) is 0 Å². The molecule has 464 valence electrons. The van der Waals surface area contributed by atoms with Crippen LogP contribution in [0.25, 0.3) is 0 Å². The lowest BCUT2D eigenvalue weighted by molar-refractivity contribution is -0.130. The van der Waals surface area contributed by atoms with Gasteiger partial charge in [0, 0.05) is 151 Å². The summed E-state index contributed by atoms with van der Waals surface area (Å²) in [5, 5.41) is 31.5. The number of fused-ring (bicyclic) bond motifs is 6. The zero-order chi connectivity index (χ0) is 61.1. The smallest absolute Gasteiger partial charge is 0.407 e. The van der Waals surface area contributed by atoms with Crippen molar-refractivity contribution in [3.05, 3.63) is 89.5 Å². The van der Waals surface area contributed by atoms with E-state index in [-0.39, 0.29) is 54.7 Å². The van der Waals surface area contributed by atoms with E-state index < -0.39 is 26.2 Å². The maximum absolute atomic E-state index is 12.3. The van der Waals surface area contributed by atoms with Crippen molar-refractivity contribution < 1.29 is 42.3 Å². The van der Waals surface area contributed by atoms with E-state index in [1.807, 2.05) is 71.9 Å². The number of nitrogens with zero attached hydrogens (tertiary/aromatic N) is 12. The molecule has 6 unspecified atom stereocenters. The number of hydrazone groups is 3. The molecule has 6 saturated heterocycles. The summed E-state index contributed by atoms with van der Waals surface area (Å²) in [4.78, 5) is 74.0. The summed E-state index contributed by atoms with van der Waals surface area (Å²) < 4.78 is 38.2. The van der Waals surface area contributed by atoms with Crippen molar-refractivity contribution in [2.24, 2.45) is 15.3 Å². The first-order chi connectivity index (χ1) is 41.2. The predicted octanol–water partition coefficient (Wildman–Crippen LogP) is 1.68. The molecule has 9 rings (SSSR count). The van der Waals surface area contributed by atoms with Gasteiger partial charge < -0.3 is 45.5 Å². The maximum Gasteiger partial charge on any atom is 0.490 e. The van der Waals surface area contributed by atoms with Crippen LogP contribution in [0.5, 0.6) is 17.2 Å². The third-order valence-electron chi connectivity index (χ3n) is 14.7. The molecule has 3 aromatic rings. The highest BCUT2D eigenvalue weighted by Gasteiger charge is 2.44. The fraction of sp³-hybridized carbons (Fsp3) is 0.471. The Balaban J connectivity index is 0.910. The van der Waals surface area contributed by atoms with E-state index >= 15 is 0 Å².